The number of carbonyl (C=O) groups is 1. The van der Waals surface area contributed by atoms with Gasteiger partial charge in [-0.2, -0.15) is 0 Å². The molecule has 0 fully saturated rings. The minimum absolute atomic E-state index is 0.204. The molecule has 2 rings (SSSR count). The molecule has 0 atom stereocenters. The topological polar surface area (TPSA) is 17.1 Å². The van der Waals surface area contributed by atoms with Gasteiger partial charge < -0.3 is 0 Å². The Hall–Kier alpha value is -1.00. The van der Waals surface area contributed by atoms with E-state index < -0.39 is 5.82 Å². The molecule has 15 heavy (non-hydrogen) atoms. The monoisotopic (exact) mass is 240 g/mol. The van der Waals surface area contributed by atoms with E-state index in [4.69, 9.17) is 0 Å². The molecule has 1 nitrogen and oxygen atoms in total. The highest BCUT2D eigenvalue weighted by molar-refractivity contribution is 7.13. The standard InChI is InChI=1S/C11H9FOS2/c1-6-5-8(7(2)15-6)10(13)11-9(12)3-4-14-11/h3-5H,1-2H3. The van der Waals surface area contributed by atoms with E-state index in [1.54, 1.807) is 16.7 Å². The normalized spacial score (nSPS) is 10.6. The Kier molecular flexibility index (Phi) is 2.71. The van der Waals surface area contributed by atoms with Gasteiger partial charge in [-0.1, -0.05) is 0 Å². The first-order chi connectivity index (χ1) is 7.09. The lowest BCUT2D eigenvalue weighted by molar-refractivity contribution is 0.103. The van der Waals surface area contributed by atoms with Crippen molar-refractivity contribution in [3.05, 3.63) is 43.5 Å². The van der Waals surface area contributed by atoms with Crippen LogP contribution < -0.4 is 0 Å². The molecule has 0 saturated carbocycles. The molecular weight excluding hydrogens is 231 g/mol. The molecule has 0 N–H and O–H groups in total. The third-order valence-electron chi connectivity index (χ3n) is 2.11. The molecule has 0 radical (unpaired) electrons. The summed E-state index contributed by atoms with van der Waals surface area (Å²) in [5.74, 6) is -0.627. The maximum Gasteiger partial charge on any atom is 0.207 e. The molecule has 0 spiro atoms. The number of carbonyl (C=O) groups excluding carboxylic acids is 1. The van der Waals surface area contributed by atoms with Crippen LogP contribution in [-0.2, 0) is 0 Å². The van der Waals surface area contributed by atoms with Gasteiger partial charge in [0, 0.05) is 15.3 Å². The first kappa shape index (κ1) is 10.5. The van der Waals surface area contributed by atoms with Gasteiger partial charge >= 0.3 is 0 Å². The zero-order valence-corrected chi connectivity index (χ0v) is 9.97. The number of aryl methyl sites for hydroxylation is 2. The number of halogens is 1. The summed E-state index contributed by atoms with van der Waals surface area (Å²) in [6, 6.07) is 3.15. The molecule has 0 saturated heterocycles. The molecule has 0 bridgehead atoms. The third kappa shape index (κ3) is 1.87. The van der Waals surface area contributed by atoms with Crippen LogP contribution >= 0.6 is 22.7 Å². The van der Waals surface area contributed by atoms with Crippen LogP contribution in [0.2, 0.25) is 0 Å². The quantitative estimate of drug-likeness (QED) is 0.730. The van der Waals surface area contributed by atoms with Crippen LogP contribution in [0.5, 0.6) is 0 Å². The molecule has 0 aromatic carbocycles. The first-order valence-corrected chi connectivity index (χ1v) is 6.14. The van der Waals surface area contributed by atoms with Crippen LogP contribution in [0.4, 0.5) is 4.39 Å². The number of hydrogen-bond acceptors (Lipinski definition) is 3. The van der Waals surface area contributed by atoms with E-state index in [1.807, 2.05) is 19.9 Å². The van der Waals surface area contributed by atoms with Crippen LogP contribution in [0.3, 0.4) is 0 Å². The van der Waals surface area contributed by atoms with Crippen molar-refractivity contribution in [3.63, 3.8) is 0 Å². The number of rotatable bonds is 2. The van der Waals surface area contributed by atoms with E-state index in [0.717, 1.165) is 21.1 Å². The molecule has 0 aliphatic carbocycles. The molecule has 2 aromatic heterocycles. The van der Waals surface area contributed by atoms with Gasteiger partial charge in [0.1, 0.15) is 10.7 Å². The van der Waals surface area contributed by atoms with Gasteiger partial charge in [-0.05, 0) is 31.4 Å². The Balaban J connectivity index is 2.45. The van der Waals surface area contributed by atoms with Crippen LogP contribution in [0.25, 0.3) is 0 Å². The molecule has 0 unspecified atom stereocenters. The summed E-state index contributed by atoms with van der Waals surface area (Å²) in [6.45, 7) is 3.83. The Morgan fingerprint density at radius 3 is 2.60 bits per heavy atom. The minimum atomic E-state index is -0.423. The van der Waals surface area contributed by atoms with Gasteiger partial charge in [-0.15, -0.1) is 22.7 Å². The highest BCUT2D eigenvalue weighted by Crippen LogP contribution is 2.26. The van der Waals surface area contributed by atoms with Crippen molar-refractivity contribution < 1.29 is 9.18 Å². The van der Waals surface area contributed by atoms with Gasteiger partial charge in [-0.25, -0.2) is 4.39 Å². The molecule has 4 heteroatoms. The summed E-state index contributed by atoms with van der Waals surface area (Å²) in [4.78, 5) is 14.2. The molecule has 0 amide bonds. The minimum Gasteiger partial charge on any atom is -0.288 e. The van der Waals surface area contributed by atoms with Crippen molar-refractivity contribution in [2.45, 2.75) is 13.8 Å². The molecule has 0 aliphatic rings. The largest absolute Gasteiger partial charge is 0.288 e. The van der Waals surface area contributed by atoms with E-state index in [-0.39, 0.29) is 10.7 Å². The van der Waals surface area contributed by atoms with E-state index in [9.17, 15) is 9.18 Å². The van der Waals surface area contributed by atoms with Gasteiger partial charge in [0.15, 0.2) is 0 Å². The highest BCUT2D eigenvalue weighted by atomic mass is 32.1. The van der Waals surface area contributed by atoms with Gasteiger partial charge in [-0.3, -0.25) is 4.79 Å². The second-order valence-electron chi connectivity index (χ2n) is 3.25. The number of ketones is 1. The Labute approximate surface area is 95.2 Å². The Morgan fingerprint density at radius 2 is 2.13 bits per heavy atom. The molecular formula is C11H9FOS2. The first-order valence-electron chi connectivity index (χ1n) is 4.44. The fraction of sp³-hybridized carbons (Fsp3) is 0.182. The summed E-state index contributed by atoms with van der Waals surface area (Å²) in [5.41, 5.74) is 0.624. The van der Waals surface area contributed by atoms with Gasteiger partial charge in [0.25, 0.3) is 0 Å². The van der Waals surface area contributed by atoms with Gasteiger partial charge in [0.2, 0.25) is 5.78 Å². The lowest BCUT2D eigenvalue weighted by atomic mass is 10.1. The zero-order chi connectivity index (χ0) is 11.0. The third-order valence-corrected chi connectivity index (χ3v) is 3.96. The van der Waals surface area contributed by atoms with Crippen LogP contribution in [-0.4, -0.2) is 5.78 Å². The lowest BCUT2D eigenvalue weighted by Crippen LogP contribution is -2.00. The second-order valence-corrected chi connectivity index (χ2v) is 5.63. The van der Waals surface area contributed by atoms with Crippen molar-refractivity contribution >= 4 is 28.5 Å². The smallest absolute Gasteiger partial charge is 0.207 e. The van der Waals surface area contributed by atoms with Crippen molar-refractivity contribution in [1.82, 2.24) is 0 Å². The van der Waals surface area contributed by atoms with E-state index in [0.29, 0.717) is 5.56 Å². The van der Waals surface area contributed by atoms with Crippen LogP contribution in [0, 0.1) is 19.7 Å². The van der Waals surface area contributed by atoms with Gasteiger partial charge in [0.05, 0.1) is 0 Å². The second kappa shape index (κ2) is 3.87. The summed E-state index contributed by atoms with van der Waals surface area (Å²) >= 11 is 2.71. The van der Waals surface area contributed by atoms with Crippen molar-refractivity contribution in [1.29, 1.82) is 0 Å². The maximum atomic E-state index is 13.2. The summed E-state index contributed by atoms with van der Waals surface area (Å²) in [7, 11) is 0. The summed E-state index contributed by atoms with van der Waals surface area (Å²) in [5, 5.41) is 1.59. The van der Waals surface area contributed by atoms with Crippen molar-refractivity contribution in [3.8, 4) is 0 Å². The van der Waals surface area contributed by atoms with Crippen molar-refractivity contribution in [2.75, 3.05) is 0 Å². The number of thiophene rings is 2. The SMILES string of the molecule is Cc1cc(C(=O)c2sccc2F)c(C)s1. The van der Waals surface area contributed by atoms with E-state index in [2.05, 4.69) is 0 Å². The fourth-order valence-corrected chi connectivity index (χ4v) is 3.08. The highest BCUT2D eigenvalue weighted by Gasteiger charge is 2.18. The summed E-state index contributed by atoms with van der Waals surface area (Å²) in [6.07, 6.45) is 0. The van der Waals surface area contributed by atoms with E-state index in [1.165, 1.54) is 6.07 Å². The average Bonchev–Trinajstić information content (AvgIpc) is 2.71. The number of hydrogen-bond donors (Lipinski definition) is 0. The predicted octanol–water partition coefficient (Wildman–Crippen LogP) is 3.80. The summed E-state index contributed by atoms with van der Waals surface area (Å²) < 4.78 is 13.2. The maximum absolute atomic E-state index is 13.2. The molecule has 0 aliphatic heterocycles. The van der Waals surface area contributed by atoms with Crippen molar-refractivity contribution in [2.24, 2.45) is 0 Å². The predicted molar refractivity (Wildman–Crippen MR) is 61.5 cm³/mol. The zero-order valence-electron chi connectivity index (χ0n) is 8.33. The average molecular weight is 240 g/mol. The molecule has 78 valence electrons. The van der Waals surface area contributed by atoms with Crippen LogP contribution in [0.1, 0.15) is 25.0 Å². The molecule has 2 aromatic rings. The Bertz CT molecular complexity index is 510. The lowest BCUT2D eigenvalue weighted by Gasteiger charge is -1.96. The van der Waals surface area contributed by atoms with E-state index >= 15 is 0 Å². The van der Waals surface area contributed by atoms with Crippen LogP contribution in [0.15, 0.2) is 17.5 Å². The Morgan fingerprint density at radius 1 is 1.40 bits per heavy atom. The molecule has 2 heterocycles. The fourth-order valence-electron chi connectivity index (χ4n) is 1.43.